The van der Waals surface area contributed by atoms with Gasteiger partial charge in [-0.1, -0.05) is 39.0 Å². The minimum Gasteiger partial charge on any atom is -0.327 e. The third kappa shape index (κ3) is 2.79. The first-order valence-electron chi connectivity index (χ1n) is 8.11. The van der Waals surface area contributed by atoms with Crippen LogP contribution in [0.4, 0.5) is 0 Å². The maximum atomic E-state index is 6.27. The number of aryl methyl sites for hydroxylation is 1. The van der Waals surface area contributed by atoms with Gasteiger partial charge in [0, 0.05) is 25.7 Å². The van der Waals surface area contributed by atoms with E-state index < -0.39 is 0 Å². The molecule has 22 heavy (non-hydrogen) atoms. The summed E-state index contributed by atoms with van der Waals surface area (Å²) in [6, 6.07) is 0.292. The highest BCUT2D eigenvalue weighted by Gasteiger charge is 2.34. The lowest BCUT2D eigenvalue weighted by atomic mass is 9.79. The molecule has 1 aliphatic rings. The van der Waals surface area contributed by atoms with E-state index in [-0.39, 0.29) is 5.41 Å². The van der Waals surface area contributed by atoms with Crippen molar-refractivity contribution in [1.82, 2.24) is 19.5 Å². The summed E-state index contributed by atoms with van der Waals surface area (Å²) in [4.78, 5) is 8.34. The van der Waals surface area contributed by atoms with Crippen LogP contribution in [0.1, 0.15) is 56.4 Å². The van der Waals surface area contributed by atoms with Gasteiger partial charge in [0.15, 0.2) is 0 Å². The fourth-order valence-corrected chi connectivity index (χ4v) is 4.11. The minimum absolute atomic E-state index is 0.165. The molecule has 1 atom stereocenters. The Balaban J connectivity index is 1.91. The first-order valence-corrected chi connectivity index (χ1v) is 8.92. The summed E-state index contributed by atoms with van der Waals surface area (Å²) in [5.74, 6) is 0.421. The van der Waals surface area contributed by atoms with Gasteiger partial charge in [0.05, 0.1) is 11.4 Å². The predicted octanol–water partition coefficient (Wildman–Crippen LogP) is 2.78. The molecule has 3 heterocycles. The summed E-state index contributed by atoms with van der Waals surface area (Å²) in [7, 11) is 0. The Labute approximate surface area is 136 Å². The number of imidazole rings is 1. The fraction of sp³-hybridized carbons (Fsp3) is 0.750. The molecular formula is C16H27N5S. The van der Waals surface area contributed by atoms with E-state index in [1.807, 2.05) is 6.92 Å². The average Bonchev–Trinajstić information content (AvgIpc) is 2.91. The second-order valence-corrected chi connectivity index (χ2v) is 8.67. The van der Waals surface area contributed by atoms with Crippen molar-refractivity contribution in [1.29, 1.82) is 0 Å². The van der Waals surface area contributed by atoms with Crippen LogP contribution in [0.3, 0.4) is 0 Å². The molecule has 0 amide bonds. The summed E-state index contributed by atoms with van der Waals surface area (Å²) in [5, 5.41) is 5.72. The number of nitrogens with zero attached hydrogens (tertiary/aromatic N) is 4. The Morgan fingerprint density at radius 1 is 1.41 bits per heavy atom. The van der Waals surface area contributed by atoms with Crippen LogP contribution in [-0.2, 0) is 6.54 Å². The monoisotopic (exact) mass is 321 g/mol. The van der Waals surface area contributed by atoms with E-state index >= 15 is 0 Å². The van der Waals surface area contributed by atoms with E-state index in [0.29, 0.717) is 12.0 Å². The zero-order valence-electron chi connectivity index (χ0n) is 14.3. The molecule has 1 saturated heterocycles. The van der Waals surface area contributed by atoms with Gasteiger partial charge in [-0.25, -0.2) is 9.50 Å². The lowest BCUT2D eigenvalue weighted by Gasteiger charge is -2.42. The molecule has 3 rings (SSSR count). The molecule has 0 bridgehead atoms. The van der Waals surface area contributed by atoms with E-state index in [0.717, 1.165) is 36.0 Å². The summed E-state index contributed by atoms with van der Waals surface area (Å²) in [5.41, 5.74) is 8.87. The standard InChI is InChI=1S/C16H27N5S/c1-10(2)14-12(21-15(18-14)22-11(3)19-21)8-20-7-6-13(17)16(4,5)9-20/h10,13H,6-9,17H2,1-5H3. The molecular weight excluding hydrogens is 294 g/mol. The lowest BCUT2D eigenvalue weighted by molar-refractivity contribution is 0.0882. The van der Waals surface area contributed by atoms with Crippen molar-refractivity contribution in [3.63, 3.8) is 0 Å². The van der Waals surface area contributed by atoms with Crippen molar-refractivity contribution in [3.8, 4) is 0 Å². The number of piperidine rings is 1. The van der Waals surface area contributed by atoms with Gasteiger partial charge in [0.25, 0.3) is 0 Å². The molecule has 6 heteroatoms. The van der Waals surface area contributed by atoms with E-state index in [1.54, 1.807) is 11.3 Å². The van der Waals surface area contributed by atoms with Crippen molar-refractivity contribution < 1.29 is 0 Å². The van der Waals surface area contributed by atoms with Gasteiger partial charge in [0.1, 0.15) is 5.01 Å². The second-order valence-electron chi connectivity index (χ2n) is 7.51. The van der Waals surface area contributed by atoms with Crippen LogP contribution in [-0.4, -0.2) is 38.6 Å². The van der Waals surface area contributed by atoms with Gasteiger partial charge in [-0.15, -0.1) is 0 Å². The molecule has 1 fully saturated rings. The Kier molecular flexibility index (Phi) is 4.03. The van der Waals surface area contributed by atoms with Crippen LogP contribution in [0.2, 0.25) is 0 Å². The van der Waals surface area contributed by atoms with E-state index in [4.69, 9.17) is 10.7 Å². The smallest absolute Gasteiger partial charge is 0.212 e. The Morgan fingerprint density at radius 2 is 2.14 bits per heavy atom. The highest BCUT2D eigenvalue weighted by atomic mass is 32.1. The highest BCUT2D eigenvalue weighted by molar-refractivity contribution is 7.16. The molecule has 1 unspecified atom stereocenters. The number of hydrogen-bond donors (Lipinski definition) is 1. The molecule has 0 radical (unpaired) electrons. The van der Waals surface area contributed by atoms with Crippen molar-refractivity contribution >= 4 is 16.3 Å². The lowest BCUT2D eigenvalue weighted by Crippen LogP contribution is -2.52. The fourth-order valence-electron chi connectivity index (χ4n) is 3.34. The molecule has 2 aromatic heterocycles. The third-order valence-electron chi connectivity index (χ3n) is 4.74. The summed E-state index contributed by atoms with van der Waals surface area (Å²) >= 11 is 1.67. The van der Waals surface area contributed by atoms with Crippen molar-refractivity contribution in [3.05, 3.63) is 16.4 Å². The number of fused-ring (bicyclic) bond motifs is 1. The maximum Gasteiger partial charge on any atom is 0.212 e. The quantitative estimate of drug-likeness (QED) is 0.944. The zero-order chi connectivity index (χ0) is 16.1. The minimum atomic E-state index is 0.165. The highest BCUT2D eigenvalue weighted by Crippen LogP contribution is 2.30. The summed E-state index contributed by atoms with van der Waals surface area (Å²) in [6.07, 6.45) is 1.06. The predicted molar refractivity (Wildman–Crippen MR) is 91.3 cm³/mol. The van der Waals surface area contributed by atoms with Crippen LogP contribution in [0.25, 0.3) is 4.96 Å². The topological polar surface area (TPSA) is 59.5 Å². The Bertz CT molecular complexity index is 669. The molecule has 2 N–H and O–H groups in total. The summed E-state index contributed by atoms with van der Waals surface area (Å²) < 4.78 is 2.05. The van der Waals surface area contributed by atoms with Crippen LogP contribution >= 0.6 is 11.3 Å². The molecule has 2 aromatic rings. The second kappa shape index (κ2) is 5.58. The zero-order valence-corrected chi connectivity index (χ0v) is 15.1. The van der Waals surface area contributed by atoms with E-state index in [1.165, 1.54) is 11.4 Å². The molecule has 5 nitrogen and oxygen atoms in total. The maximum absolute atomic E-state index is 6.27. The first-order chi connectivity index (χ1) is 10.3. The first kappa shape index (κ1) is 15.9. The van der Waals surface area contributed by atoms with Gasteiger partial charge in [0.2, 0.25) is 4.96 Å². The third-order valence-corrected chi connectivity index (χ3v) is 5.56. The number of likely N-dealkylation sites (tertiary alicyclic amines) is 1. The van der Waals surface area contributed by atoms with Gasteiger partial charge < -0.3 is 5.73 Å². The molecule has 1 aliphatic heterocycles. The van der Waals surface area contributed by atoms with Crippen LogP contribution in [0, 0.1) is 12.3 Å². The van der Waals surface area contributed by atoms with Gasteiger partial charge in [-0.05, 0) is 24.7 Å². The SMILES string of the molecule is Cc1nn2c(CN3CCC(N)C(C)(C)C3)c(C(C)C)nc2s1. The van der Waals surface area contributed by atoms with Crippen molar-refractivity contribution in [2.45, 2.75) is 59.5 Å². The van der Waals surface area contributed by atoms with Gasteiger partial charge in [-0.3, -0.25) is 4.90 Å². The van der Waals surface area contributed by atoms with Crippen molar-refractivity contribution in [2.75, 3.05) is 13.1 Å². The van der Waals surface area contributed by atoms with E-state index in [2.05, 4.69) is 42.2 Å². The Morgan fingerprint density at radius 3 is 2.77 bits per heavy atom. The summed E-state index contributed by atoms with van der Waals surface area (Å²) in [6.45, 7) is 14.0. The number of rotatable bonds is 3. The van der Waals surface area contributed by atoms with Crippen LogP contribution in [0.15, 0.2) is 0 Å². The van der Waals surface area contributed by atoms with Gasteiger partial charge in [-0.2, -0.15) is 5.10 Å². The van der Waals surface area contributed by atoms with Crippen LogP contribution in [0.5, 0.6) is 0 Å². The molecule has 122 valence electrons. The van der Waals surface area contributed by atoms with E-state index in [9.17, 15) is 0 Å². The van der Waals surface area contributed by atoms with Gasteiger partial charge >= 0.3 is 0 Å². The number of aromatic nitrogens is 3. The average molecular weight is 321 g/mol. The normalized spacial score (nSPS) is 22.8. The largest absolute Gasteiger partial charge is 0.327 e. The molecule has 0 aliphatic carbocycles. The number of nitrogens with two attached hydrogens (primary N) is 1. The van der Waals surface area contributed by atoms with Crippen LogP contribution < -0.4 is 5.73 Å². The molecule has 0 spiro atoms. The number of hydrogen-bond acceptors (Lipinski definition) is 5. The molecule has 0 aromatic carbocycles. The molecule has 0 saturated carbocycles. The van der Waals surface area contributed by atoms with Crippen molar-refractivity contribution in [2.24, 2.45) is 11.1 Å². The Hall–Kier alpha value is -0.980.